The molecule has 0 spiro atoms. The molecular formula is C23H42N2. The summed E-state index contributed by atoms with van der Waals surface area (Å²) in [5.41, 5.74) is 2.57. The Kier molecular flexibility index (Phi) is 13.6. The smallest absolute Gasteiger partial charge is 0.128 e. The summed E-state index contributed by atoms with van der Waals surface area (Å²) in [6, 6.07) is 2.29. The Bertz CT molecular complexity index is 394. The second-order valence-electron chi connectivity index (χ2n) is 7.55. The quantitative estimate of drug-likeness (QED) is 0.295. The van der Waals surface area contributed by atoms with Crippen LogP contribution in [-0.2, 0) is 19.3 Å². The minimum atomic E-state index is 1.02. The molecule has 1 heterocycles. The first-order chi connectivity index (χ1) is 12.3. The van der Waals surface area contributed by atoms with E-state index < -0.39 is 0 Å². The molecular weight excluding hydrogens is 304 g/mol. The van der Waals surface area contributed by atoms with Crippen LogP contribution in [-0.4, -0.2) is 9.97 Å². The van der Waals surface area contributed by atoms with E-state index in [2.05, 4.69) is 26.8 Å². The van der Waals surface area contributed by atoms with Crippen LogP contribution in [0.3, 0.4) is 0 Å². The van der Waals surface area contributed by atoms with Gasteiger partial charge < -0.3 is 0 Å². The molecule has 0 saturated carbocycles. The van der Waals surface area contributed by atoms with Crippen LogP contribution < -0.4 is 0 Å². The minimum absolute atomic E-state index is 1.02. The number of aromatic nitrogens is 2. The zero-order chi connectivity index (χ0) is 18.2. The van der Waals surface area contributed by atoms with Crippen LogP contribution in [0.4, 0.5) is 0 Å². The van der Waals surface area contributed by atoms with E-state index >= 15 is 0 Å². The maximum atomic E-state index is 4.81. The summed E-state index contributed by atoms with van der Waals surface area (Å²) in [6.45, 7) is 6.78. The minimum Gasteiger partial charge on any atom is -0.238 e. The molecule has 0 saturated heterocycles. The van der Waals surface area contributed by atoms with Crippen LogP contribution in [0.25, 0.3) is 0 Å². The van der Waals surface area contributed by atoms with Gasteiger partial charge in [0.2, 0.25) is 0 Å². The Morgan fingerprint density at radius 1 is 0.520 bits per heavy atom. The highest BCUT2D eigenvalue weighted by atomic mass is 14.9. The summed E-state index contributed by atoms with van der Waals surface area (Å²) < 4.78 is 0. The molecule has 0 aliphatic rings. The predicted octanol–water partition coefficient (Wildman–Crippen LogP) is 7.24. The topological polar surface area (TPSA) is 25.8 Å². The summed E-state index contributed by atoms with van der Waals surface area (Å²) in [7, 11) is 0. The number of aryl methyl sites for hydroxylation is 3. The third-order valence-corrected chi connectivity index (χ3v) is 4.93. The molecule has 0 aromatic carbocycles. The van der Waals surface area contributed by atoms with Crippen molar-refractivity contribution in [1.29, 1.82) is 0 Å². The lowest BCUT2D eigenvalue weighted by Gasteiger charge is -2.08. The molecule has 0 atom stereocenters. The van der Waals surface area contributed by atoms with Crippen LogP contribution in [0.15, 0.2) is 6.07 Å². The van der Waals surface area contributed by atoms with Gasteiger partial charge in [0, 0.05) is 17.8 Å². The fraction of sp³-hybridized carbons (Fsp3) is 0.826. The van der Waals surface area contributed by atoms with E-state index in [9.17, 15) is 0 Å². The molecule has 0 aliphatic carbocycles. The van der Waals surface area contributed by atoms with Crippen molar-refractivity contribution < 1.29 is 0 Å². The van der Waals surface area contributed by atoms with Crippen molar-refractivity contribution in [2.24, 2.45) is 0 Å². The molecule has 0 bridgehead atoms. The van der Waals surface area contributed by atoms with Gasteiger partial charge in [-0.3, -0.25) is 0 Å². The summed E-state index contributed by atoms with van der Waals surface area (Å²) in [5.74, 6) is 1.08. The van der Waals surface area contributed by atoms with Gasteiger partial charge in [0.15, 0.2) is 0 Å². The van der Waals surface area contributed by atoms with Crippen LogP contribution in [0.2, 0.25) is 0 Å². The molecule has 0 aliphatic heterocycles. The van der Waals surface area contributed by atoms with Gasteiger partial charge in [-0.15, -0.1) is 0 Å². The lowest BCUT2D eigenvalue weighted by Crippen LogP contribution is -2.04. The molecule has 1 aromatic heterocycles. The molecule has 0 fully saturated rings. The molecule has 2 nitrogen and oxygen atoms in total. The maximum Gasteiger partial charge on any atom is 0.128 e. The number of unbranched alkanes of at least 4 members (excludes halogenated alkanes) is 10. The summed E-state index contributed by atoms with van der Waals surface area (Å²) in [6.07, 6.45) is 20.7. The number of hydrogen-bond acceptors (Lipinski definition) is 2. The maximum absolute atomic E-state index is 4.81. The standard InChI is InChI=1S/C23H42N2/c1-4-7-9-11-13-15-18-21-20-22(25-23(24-21)17-6-3)19-16-14-12-10-8-5-2/h20H,4-19H2,1-3H3. The molecule has 2 heteroatoms. The second kappa shape index (κ2) is 15.3. The lowest BCUT2D eigenvalue weighted by molar-refractivity contribution is 0.597. The first-order valence-corrected chi connectivity index (χ1v) is 11.2. The first kappa shape index (κ1) is 22.1. The van der Waals surface area contributed by atoms with Crippen LogP contribution in [0.5, 0.6) is 0 Å². The Morgan fingerprint density at radius 3 is 1.40 bits per heavy atom. The number of rotatable bonds is 16. The van der Waals surface area contributed by atoms with Gasteiger partial charge in [-0.05, 0) is 38.2 Å². The predicted molar refractivity (Wildman–Crippen MR) is 110 cm³/mol. The van der Waals surface area contributed by atoms with Crippen LogP contribution in [0, 0.1) is 0 Å². The third kappa shape index (κ3) is 11.3. The zero-order valence-electron chi connectivity index (χ0n) is 17.3. The van der Waals surface area contributed by atoms with E-state index in [1.165, 1.54) is 88.4 Å². The number of hydrogen-bond donors (Lipinski definition) is 0. The van der Waals surface area contributed by atoms with Crippen LogP contribution >= 0.6 is 0 Å². The average molecular weight is 347 g/mol. The third-order valence-electron chi connectivity index (χ3n) is 4.93. The van der Waals surface area contributed by atoms with Crippen molar-refractivity contribution in [2.45, 2.75) is 124 Å². The van der Waals surface area contributed by atoms with E-state index in [4.69, 9.17) is 9.97 Å². The van der Waals surface area contributed by atoms with Crippen molar-refractivity contribution in [3.63, 3.8) is 0 Å². The van der Waals surface area contributed by atoms with Gasteiger partial charge in [0.05, 0.1) is 0 Å². The Morgan fingerprint density at radius 2 is 0.960 bits per heavy atom. The van der Waals surface area contributed by atoms with Crippen molar-refractivity contribution in [1.82, 2.24) is 9.97 Å². The Labute approximate surface area is 157 Å². The van der Waals surface area contributed by atoms with Gasteiger partial charge >= 0.3 is 0 Å². The highest BCUT2D eigenvalue weighted by Gasteiger charge is 2.05. The number of nitrogens with zero attached hydrogens (tertiary/aromatic N) is 2. The Hall–Kier alpha value is -0.920. The van der Waals surface area contributed by atoms with Gasteiger partial charge in [0.1, 0.15) is 5.82 Å². The summed E-state index contributed by atoms with van der Waals surface area (Å²) in [4.78, 5) is 9.63. The van der Waals surface area contributed by atoms with E-state index in [1.54, 1.807) is 0 Å². The molecule has 1 aromatic rings. The van der Waals surface area contributed by atoms with Crippen LogP contribution in [0.1, 0.15) is 121 Å². The average Bonchev–Trinajstić information content (AvgIpc) is 2.61. The molecule has 0 unspecified atom stereocenters. The van der Waals surface area contributed by atoms with Gasteiger partial charge in [-0.2, -0.15) is 0 Å². The largest absolute Gasteiger partial charge is 0.238 e. The van der Waals surface area contributed by atoms with Gasteiger partial charge in [-0.25, -0.2) is 9.97 Å². The molecule has 25 heavy (non-hydrogen) atoms. The van der Waals surface area contributed by atoms with Gasteiger partial charge in [-0.1, -0.05) is 85.0 Å². The second-order valence-corrected chi connectivity index (χ2v) is 7.55. The van der Waals surface area contributed by atoms with E-state index in [0.29, 0.717) is 0 Å². The van der Waals surface area contributed by atoms with Crippen molar-refractivity contribution in [2.75, 3.05) is 0 Å². The summed E-state index contributed by atoms with van der Waals surface area (Å²) >= 11 is 0. The normalized spacial score (nSPS) is 11.2. The molecule has 0 N–H and O–H groups in total. The highest BCUT2D eigenvalue weighted by molar-refractivity contribution is 5.12. The molecule has 144 valence electrons. The molecule has 0 amide bonds. The summed E-state index contributed by atoms with van der Waals surface area (Å²) in [5, 5.41) is 0. The zero-order valence-corrected chi connectivity index (χ0v) is 17.3. The Balaban J connectivity index is 2.41. The highest BCUT2D eigenvalue weighted by Crippen LogP contribution is 2.13. The van der Waals surface area contributed by atoms with E-state index in [-0.39, 0.29) is 0 Å². The SMILES string of the molecule is CCCCCCCCc1cc(CCCCCCCC)nc(CCC)n1. The van der Waals surface area contributed by atoms with E-state index in [1.807, 2.05) is 0 Å². The lowest BCUT2D eigenvalue weighted by atomic mass is 10.1. The fourth-order valence-electron chi connectivity index (χ4n) is 3.38. The molecule has 0 radical (unpaired) electrons. The van der Waals surface area contributed by atoms with E-state index in [0.717, 1.165) is 31.5 Å². The van der Waals surface area contributed by atoms with Crippen molar-refractivity contribution >= 4 is 0 Å². The van der Waals surface area contributed by atoms with Crippen molar-refractivity contribution in [3.8, 4) is 0 Å². The monoisotopic (exact) mass is 346 g/mol. The van der Waals surface area contributed by atoms with Gasteiger partial charge in [0.25, 0.3) is 0 Å². The van der Waals surface area contributed by atoms with Crippen molar-refractivity contribution in [3.05, 3.63) is 23.3 Å². The first-order valence-electron chi connectivity index (χ1n) is 11.2. The fourth-order valence-corrected chi connectivity index (χ4v) is 3.38. The molecule has 1 rings (SSSR count).